The van der Waals surface area contributed by atoms with Crippen molar-refractivity contribution in [3.05, 3.63) is 0 Å². The number of unbranched alkanes of at least 4 members (excludes halogenated alkanes) is 1. The molecule has 0 bridgehead atoms. The van der Waals surface area contributed by atoms with Crippen molar-refractivity contribution >= 4 is 12.1 Å². The van der Waals surface area contributed by atoms with Gasteiger partial charge in [0.1, 0.15) is 6.04 Å². The van der Waals surface area contributed by atoms with Gasteiger partial charge in [-0.05, 0) is 25.7 Å². The summed E-state index contributed by atoms with van der Waals surface area (Å²) in [5.74, 6) is -0.990. The minimum Gasteiger partial charge on any atom is -0.480 e. The van der Waals surface area contributed by atoms with Gasteiger partial charge in [0.25, 0.3) is 0 Å². The number of nitrogens with one attached hydrogen (secondary N) is 1. The lowest BCUT2D eigenvalue weighted by Crippen LogP contribution is -2.30. The van der Waals surface area contributed by atoms with Gasteiger partial charge >= 0.3 is 12.1 Å². The van der Waals surface area contributed by atoms with E-state index in [1.807, 2.05) is 6.92 Å². The van der Waals surface area contributed by atoms with Crippen molar-refractivity contribution in [2.75, 3.05) is 13.2 Å². The topological polar surface area (TPSA) is 102 Å². The Labute approximate surface area is 95.1 Å². The van der Waals surface area contributed by atoms with Crippen LogP contribution in [0.5, 0.6) is 0 Å². The first-order chi connectivity index (χ1) is 7.57. The highest BCUT2D eigenvalue weighted by atomic mass is 16.5. The molecule has 0 aromatic rings. The van der Waals surface area contributed by atoms with E-state index in [4.69, 9.17) is 15.6 Å². The zero-order valence-corrected chi connectivity index (χ0v) is 9.57. The summed E-state index contributed by atoms with van der Waals surface area (Å²) in [5, 5.41) is 11.1. The third kappa shape index (κ3) is 8.05. The van der Waals surface area contributed by atoms with Crippen molar-refractivity contribution in [3.63, 3.8) is 0 Å². The first kappa shape index (κ1) is 14.7. The Kier molecular flexibility index (Phi) is 8.24. The second-order valence-electron chi connectivity index (χ2n) is 3.50. The van der Waals surface area contributed by atoms with Gasteiger partial charge in [0.2, 0.25) is 0 Å². The molecular weight excluding hydrogens is 212 g/mol. The van der Waals surface area contributed by atoms with E-state index in [0.29, 0.717) is 32.4 Å². The Morgan fingerprint density at radius 2 is 2.12 bits per heavy atom. The number of hydrogen-bond acceptors (Lipinski definition) is 4. The largest absolute Gasteiger partial charge is 0.480 e. The van der Waals surface area contributed by atoms with Crippen molar-refractivity contribution in [1.82, 2.24) is 5.32 Å². The number of hydrogen-bond donors (Lipinski definition) is 3. The number of aliphatic carboxylic acids is 1. The van der Waals surface area contributed by atoms with Crippen molar-refractivity contribution in [3.8, 4) is 0 Å². The number of ether oxygens (including phenoxy) is 1. The number of carboxylic acids is 1. The number of nitrogens with two attached hydrogens (primary N) is 1. The second-order valence-corrected chi connectivity index (χ2v) is 3.50. The smallest absolute Gasteiger partial charge is 0.407 e. The Hall–Kier alpha value is -1.30. The highest BCUT2D eigenvalue weighted by molar-refractivity contribution is 5.72. The molecule has 1 atom stereocenters. The molecule has 0 aliphatic rings. The van der Waals surface area contributed by atoms with Crippen LogP contribution >= 0.6 is 0 Å². The summed E-state index contributed by atoms with van der Waals surface area (Å²) in [7, 11) is 0. The quantitative estimate of drug-likeness (QED) is 0.535. The normalized spacial score (nSPS) is 11.9. The third-order valence-electron chi connectivity index (χ3n) is 1.97. The lowest BCUT2D eigenvalue weighted by molar-refractivity contribution is -0.138. The molecule has 94 valence electrons. The molecule has 0 aliphatic heterocycles. The summed E-state index contributed by atoms with van der Waals surface area (Å²) in [6.45, 7) is 2.81. The maximum absolute atomic E-state index is 11.0. The van der Waals surface area contributed by atoms with E-state index in [1.54, 1.807) is 0 Å². The number of rotatable bonds is 8. The van der Waals surface area contributed by atoms with Crippen LogP contribution in [-0.4, -0.2) is 36.4 Å². The summed E-state index contributed by atoms with van der Waals surface area (Å²) in [4.78, 5) is 21.3. The molecule has 16 heavy (non-hydrogen) atoms. The van der Waals surface area contributed by atoms with Crippen LogP contribution in [0.15, 0.2) is 0 Å². The van der Waals surface area contributed by atoms with Gasteiger partial charge in [0, 0.05) is 6.54 Å². The van der Waals surface area contributed by atoms with Gasteiger partial charge in [-0.2, -0.15) is 0 Å². The molecule has 0 rings (SSSR count). The van der Waals surface area contributed by atoms with Crippen LogP contribution in [0.1, 0.15) is 32.6 Å². The molecule has 1 amide bonds. The monoisotopic (exact) mass is 232 g/mol. The minimum atomic E-state index is -0.990. The van der Waals surface area contributed by atoms with Crippen molar-refractivity contribution in [2.45, 2.75) is 38.6 Å². The lowest BCUT2D eigenvalue weighted by Gasteiger charge is -2.07. The van der Waals surface area contributed by atoms with Gasteiger partial charge in [-0.15, -0.1) is 0 Å². The molecule has 0 saturated heterocycles. The number of amides is 1. The zero-order valence-electron chi connectivity index (χ0n) is 9.57. The predicted octanol–water partition coefficient (Wildman–Crippen LogP) is 0.705. The van der Waals surface area contributed by atoms with E-state index >= 15 is 0 Å². The summed E-state index contributed by atoms with van der Waals surface area (Å²) >= 11 is 0. The highest BCUT2D eigenvalue weighted by Gasteiger charge is 2.10. The van der Waals surface area contributed by atoms with Gasteiger partial charge < -0.3 is 20.9 Å². The highest BCUT2D eigenvalue weighted by Crippen LogP contribution is 1.98. The molecular formula is C10H20N2O4. The average molecular weight is 232 g/mol. The summed E-state index contributed by atoms with van der Waals surface area (Å²) in [6, 6.07) is -0.813. The molecule has 0 aromatic carbocycles. The fraction of sp³-hybridized carbons (Fsp3) is 0.800. The molecule has 4 N–H and O–H groups in total. The molecule has 0 heterocycles. The zero-order chi connectivity index (χ0) is 12.4. The van der Waals surface area contributed by atoms with Crippen LogP contribution in [0.2, 0.25) is 0 Å². The van der Waals surface area contributed by atoms with Crippen LogP contribution < -0.4 is 11.1 Å². The fourth-order valence-corrected chi connectivity index (χ4v) is 1.05. The van der Waals surface area contributed by atoms with E-state index in [1.165, 1.54) is 0 Å². The predicted molar refractivity (Wildman–Crippen MR) is 59.1 cm³/mol. The first-order valence-corrected chi connectivity index (χ1v) is 5.47. The molecule has 0 aromatic heterocycles. The number of alkyl carbamates (subject to hydrolysis) is 1. The fourth-order valence-electron chi connectivity index (χ4n) is 1.05. The molecule has 6 nitrogen and oxygen atoms in total. The molecule has 0 radical (unpaired) electrons. The number of carboxylic acid groups (broad SMARTS) is 1. The van der Waals surface area contributed by atoms with Crippen LogP contribution in [0.3, 0.4) is 0 Å². The standard InChI is InChI=1S/C10H20N2O4/c1-2-7-16-10(15)12-6-4-3-5-8(11)9(13)14/h8H,2-7,11H2,1H3,(H,12,15)(H,13,14)/t8-/m0/s1. The summed E-state index contributed by atoms with van der Waals surface area (Å²) < 4.78 is 4.79. The molecule has 6 heteroatoms. The second kappa shape index (κ2) is 8.96. The Balaban J connectivity index is 3.33. The Morgan fingerprint density at radius 1 is 1.44 bits per heavy atom. The van der Waals surface area contributed by atoms with E-state index in [-0.39, 0.29) is 0 Å². The van der Waals surface area contributed by atoms with Gasteiger partial charge in [0.05, 0.1) is 6.61 Å². The summed E-state index contributed by atoms with van der Waals surface area (Å²) in [5.41, 5.74) is 5.31. The summed E-state index contributed by atoms with van der Waals surface area (Å²) in [6.07, 6.45) is 2.15. The lowest BCUT2D eigenvalue weighted by atomic mass is 10.1. The number of carbonyl (C=O) groups is 2. The maximum Gasteiger partial charge on any atom is 0.407 e. The van der Waals surface area contributed by atoms with Crippen molar-refractivity contribution in [1.29, 1.82) is 0 Å². The van der Waals surface area contributed by atoms with Crippen LogP contribution in [0.4, 0.5) is 4.79 Å². The van der Waals surface area contributed by atoms with E-state index in [0.717, 1.165) is 6.42 Å². The maximum atomic E-state index is 11.0. The van der Waals surface area contributed by atoms with Crippen molar-refractivity contribution < 1.29 is 19.4 Å². The molecule has 0 aliphatic carbocycles. The molecule has 0 spiro atoms. The third-order valence-corrected chi connectivity index (χ3v) is 1.97. The Morgan fingerprint density at radius 3 is 2.69 bits per heavy atom. The molecule has 0 unspecified atom stereocenters. The van der Waals surface area contributed by atoms with E-state index < -0.39 is 18.1 Å². The van der Waals surface area contributed by atoms with Crippen LogP contribution in [0.25, 0.3) is 0 Å². The molecule has 0 fully saturated rings. The SMILES string of the molecule is CCCOC(=O)NCCCC[C@H](N)C(=O)O. The van der Waals surface area contributed by atoms with E-state index in [9.17, 15) is 9.59 Å². The van der Waals surface area contributed by atoms with Gasteiger partial charge in [0.15, 0.2) is 0 Å². The minimum absolute atomic E-state index is 0.412. The van der Waals surface area contributed by atoms with Gasteiger partial charge in [-0.25, -0.2) is 4.79 Å². The van der Waals surface area contributed by atoms with Crippen molar-refractivity contribution in [2.24, 2.45) is 5.73 Å². The average Bonchev–Trinajstić information content (AvgIpc) is 2.25. The molecule has 0 saturated carbocycles. The van der Waals surface area contributed by atoms with E-state index in [2.05, 4.69) is 5.32 Å². The number of carbonyl (C=O) groups excluding carboxylic acids is 1. The van der Waals surface area contributed by atoms with Crippen LogP contribution in [0, 0.1) is 0 Å². The van der Waals surface area contributed by atoms with Gasteiger partial charge in [-0.3, -0.25) is 4.79 Å². The van der Waals surface area contributed by atoms with Gasteiger partial charge in [-0.1, -0.05) is 6.92 Å². The van der Waals surface area contributed by atoms with Crippen LogP contribution in [-0.2, 0) is 9.53 Å². The Bertz CT molecular complexity index is 221. The first-order valence-electron chi connectivity index (χ1n) is 5.47.